The second-order valence-corrected chi connectivity index (χ2v) is 6.85. The molecule has 2 aromatic heterocycles. The number of fused-ring (bicyclic) bond motifs is 1. The third-order valence-electron chi connectivity index (χ3n) is 4.47. The molecule has 0 saturated carbocycles. The van der Waals surface area contributed by atoms with Crippen LogP contribution in [0.1, 0.15) is 34.6 Å². The summed E-state index contributed by atoms with van der Waals surface area (Å²) < 4.78 is 7.23. The van der Waals surface area contributed by atoms with E-state index in [1.54, 1.807) is 24.6 Å². The number of carbonyl (C=O) groups is 1. The lowest BCUT2D eigenvalue weighted by Crippen LogP contribution is -2.26. The van der Waals surface area contributed by atoms with Crippen LogP contribution in [0.2, 0.25) is 5.02 Å². The number of rotatable bonds is 5. The Morgan fingerprint density at radius 2 is 2.04 bits per heavy atom. The van der Waals surface area contributed by atoms with Crippen molar-refractivity contribution in [1.29, 1.82) is 0 Å². The van der Waals surface area contributed by atoms with Gasteiger partial charge in [-0.05, 0) is 48.9 Å². The van der Waals surface area contributed by atoms with Crippen molar-refractivity contribution in [2.45, 2.75) is 19.5 Å². The molecule has 0 fully saturated rings. The van der Waals surface area contributed by atoms with Crippen LogP contribution >= 0.6 is 11.6 Å². The summed E-state index contributed by atoms with van der Waals surface area (Å²) in [5.41, 5.74) is 2.58. The van der Waals surface area contributed by atoms with Crippen molar-refractivity contribution in [1.82, 2.24) is 15.1 Å². The van der Waals surface area contributed by atoms with Crippen LogP contribution in [0.4, 0.5) is 0 Å². The summed E-state index contributed by atoms with van der Waals surface area (Å²) in [6.45, 7) is 2.49. The van der Waals surface area contributed by atoms with E-state index in [9.17, 15) is 4.79 Å². The molecule has 0 radical (unpaired) electrons. The van der Waals surface area contributed by atoms with Crippen molar-refractivity contribution in [3.05, 3.63) is 89.0 Å². The van der Waals surface area contributed by atoms with E-state index in [0.29, 0.717) is 17.1 Å². The number of benzene rings is 2. The zero-order chi connectivity index (χ0) is 18.8. The number of carbonyl (C=O) groups excluding carboxylic acids is 1. The molecule has 1 atom stereocenters. The summed E-state index contributed by atoms with van der Waals surface area (Å²) in [7, 11) is 0. The molecule has 0 saturated heterocycles. The van der Waals surface area contributed by atoms with Crippen LogP contribution in [0.3, 0.4) is 0 Å². The largest absolute Gasteiger partial charge is 0.467 e. The second-order valence-electron chi connectivity index (χ2n) is 6.41. The number of nitrogens with zero attached hydrogens (tertiary/aromatic N) is 2. The Morgan fingerprint density at radius 1 is 1.22 bits per heavy atom. The van der Waals surface area contributed by atoms with E-state index < -0.39 is 0 Å². The molecule has 5 nitrogen and oxygen atoms in total. The quantitative estimate of drug-likeness (QED) is 0.540. The lowest BCUT2D eigenvalue weighted by molar-refractivity contribution is 0.0935. The number of halogens is 1. The first-order valence-electron chi connectivity index (χ1n) is 8.64. The van der Waals surface area contributed by atoms with Gasteiger partial charge in [0, 0.05) is 16.0 Å². The third-order valence-corrected chi connectivity index (χ3v) is 4.72. The highest BCUT2D eigenvalue weighted by Gasteiger charge is 2.15. The number of amides is 1. The maximum atomic E-state index is 12.6. The Labute approximate surface area is 161 Å². The lowest BCUT2D eigenvalue weighted by Gasteiger charge is -2.12. The van der Waals surface area contributed by atoms with Gasteiger partial charge in [0.1, 0.15) is 5.76 Å². The van der Waals surface area contributed by atoms with Crippen molar-refractivity contribution in [3.8, 4) is 0 Å². The van der Waals surface area contributed by atoms with Crippen molar-refractivity contribution < 1.29 is 9.21 Å². The SMILES string of the molecule is CC(NC(=O)c1ccc2cnn(Cc3ccc(Cl)cc3)c2c1)c1ccco1. The molecule has 2 heterocycles. The highest BCUT2D eigenvalue weighted by Crippen LogP contribution is 2.19. The summed E-state index contributed by atoms with van der Waals surface area (Å²) in [4.78, 5) is 12.6. The van der Waals surface area contributed by atoms with Gasteiger partial charge in [0.15, 0.2) is 0 Å². The fourth-order valence-corrected chi connectivity index (χ4v) is 3.12. The van der Waals surface area contributed by atoms with Crippen LogP contribution in [0.5, 0.6) is 0 Å². The summed E-state index contributed by atoms with van der Waals surface area (Å²) in [5.74, 6) is 0.567. The van der Waals surface area contributed by atoms with Gasteiger partial charge in [-0.3, -0.25) is 9.48 Å². The van der Waals surface area contributed by atoms with Crippen LogP contribution in [0, 0.1) is 0 Å². The Morgan fingerprint density at radius 3 is 2.78 bits per heavy atom. The average molecular weight is 380 g/mol. The van der Waals surface area contributed by atoms with Crippen LogP contribution in [0.15, 0.2) is 71.5 Å². The Hall–Kier alpha value is -3.05. The van der Waals surface area contributed by atoms with Crippen molar-refractivity contribution in [2.24, 2.45) is 0 Å². The van der Waals surface area contributed by atoms with Crippen LogP contribution < -0.4 is 5.32 Å². The van der Waals surface area contributed by atoms with Gasteiger partial charge in [0.25, 0.3) is 5.91 Å². The lowest BCUT2D eigenvalue weighted by atomic mass is 10.1. The summed E-state index contributed by atoms with van der Waals surface area (Å²) in [6.07, 6.45) is 3.40. The monoisotopic (exact) mass is 379 g/mol. The number of hydrogen-bond acceptors (Lipinski definition) is 3. The minimum Gasteiger partial charge on any atom is -0.467 e. The molecule has 0 aliphatic carbocycles. The normalized spacial score (nSPS) is 12.2. The van der Waals surface area contributed by atoms with Gasteiger partial charge in [-0.15, -0.1) is 0 Å². The molecule has 1 unspecified atom stereocenters. The van der Waals surface area contributed by atoms with Gasteiger partial charge in [-0.25, -0.2) is 0 Å². The fraction of sp³-hybridized carbons (Fsp3) is 0.143. The fourth-order valence-electron chi connectivity index (χ4n) is 2.99. The molecular weight excluding hydrogens is 362 g/mol. The van der Waals surface area contributed by atoms with E-state index >= 15 is 0 Å². The molecule has 2 aromatic carbocycles. The first kappa shape index (κ1) is 17.4. The molecule has 0 aliphatic rings. The third kappa shape index (κ3) is 3.73. The molecule has 0 aliphatic heterocycles. The smallest absolute Gasteiger partial charge is 0.251 e. The summed E-state index contributed by atoms with van der Waals surface area (Å²) >= 11 is 5.95. The van der Waals surface area contributed by atoms with Crippen molar-refractivity contribution >= 4 is 28.4 Å². The molecular formula is C21H18ClN3O2. The number of furan rings is 1. The topological polar surface area (TPSA) is 60.1 Å². The van der Waals surface area contributed by atoms with E-state index in [0.717, 1.165) is 22.2 Å². The van der Waals surface area contributed by atoms with Gasteiger partial charge in [0.05, 0.1) is 30.6 Å². The van der Waals surface area contributed by atoms with Crippen LogP contribution in [0.25, 0.3) is 10.9 Å². The molecule has 1 N–H and O–H groups in total. The molecule has 1 amide bonds. The van der Waals surface area contributed by atoms with Crippen molar-refractivity contribution in [3.63, 3.8) is 0 Å². The second kappa shape index (κ2) is 7.29. The number of nitrogens with one attached hydrogen (secondary N) is 1. The summed E-state index contributed by atoms with van der Waals surface area (Å²) in [5, 5.41) is 9.09. The molecule has 4 rings (SSSR count). The number of aromatic nitrogens is 2. The molecule has 136 valence electrons. The van der Waals surface area contributed by atoms with Gasteiger partial charge in [0.2, 0.25) is 0 Å². The predicted octanol–water partition coefficient (Wildman–Crippen LogP) is 4.82. The Kier molecular flexibility index (Phi) is 4.69. The molecule has 4 aromatic rings. The zero-order valence-electron chi connectivity index (χ0n) is 14.7. The maximum Gasteiger partial charge on any atom is 0.251 e. The van der Waals surface area contributed by atoms with E-state index in [4.69, 9.17) is 16.0 Å². The molecule has 6 heteroatoms. The van der Waals surface area contributed by atoms with E-state index in [-0.39, 0.29) is 11.9 Å². The van der Waals surface area contributed by atoms with Crippen molar-refractivity contribution in [2.75, 3.05) is 0 Å². The molecule has 27 heavy (non-hydrogen) atoms. The first-order chi connectivity index (χ1) is 13.1. The average Bonchev–Trinajstić information content (AvgIpc) is 3.34. The standard InChI is InChI=1S/C21H18ClN3O2/c1-14(20-3-2-10-27-20)24-21(26)16-6-7-17-12-23-25(19(17)11-16)13-15-4-8-18(22)9-5-15/h2-12,14H,13H2,1H3,(H,24,26). The van der Waals surface area contributed by atoms with Crippen LogP contribution in [-0.4, -0.2) is 15.7 Å². The highest BCUT2D eigenvalue weighted by atomic mass is 35.5. The summed E-state index contributed by atoms with van der Waals surface area (Å²) in [6, 6.07) is 16.7. The van der Waals surface area contributed by atoms with Gasteiger partial charge in [-0.1, -0.05) is 29.8 Å². The van der Waals surface area contributed by atoms with Gasteiger partial charge >= 0.3 is 0 Å². The molecule has 0 spiro atoms. The highest BCUT2D eigenvalue weighted by molar-refractivity contribution is 6.30. The minimum absolute atomic E-state index is 0.153. The molecule has 0 bridgehead atoms. The maximum absolute atomic E-state index is 12.6. The minimum atomic E-state index is -0.206. The predicted molar refractivity (Wildman–Crippen MR) is 105 cm³/mol. The van der Waals surface area contributed by atoms with Gasteiger partial charge < -0.3 is 9.73 Å². The first-order valence-corrected chi connectivity index (χ1v) is 9.02. The van der Waals surface area contributed by atoms with Gasteiger partial charge in [-0.2, -0.15) is 5.10 Å². The Balaban J connectivity index is 1.57. The van der Waals surface area contributed by atoms with E-state index in [1.807, 2.05) is 54.1 Å². The van der Waals surface area contributed by atoms with E-state index in [2.05, 4.69) is 10.4 Å². The zero-order valence-corrected chi connectivity index (χ0v) is 15.5. The number of hydrogen-bond donors (Lipinski definition) is 1. The van der Waals surface area contributed by atoms with E-state index in [1.165, 1.54) is 0 Å². The van der Waals surface area contributed by atoms with Crippen LogP contribution in [-0.2, 0) is 6.54 Å². The Bertz CT molecular complexity index is 1070.